The monoisotopic (exact) mass is 201 g/mol. The van der Waals surface area contributed by atoms with Crippen LogP contribution in [0.25, 0.3) is 0 Å². The van der Waals surface area contributed by atoms with E-state index in [1.165, 1.54) is 12.8 Å². The van der Waals surface area contributed by atoms with Gasteiger partial charge in [0.15, 0.2) is 0 Å². The lowest BCUT2D eigenvalue weighted by atomic mass is 9.88. The number of rotatable bonds is 8. The number of carbonyl (C=O) groups is 1. The number of hydrogen-bond donors (Lipinski definition) is 2. The molecule has 0 fully saturated rings. The van der Waals surface area contributed by atoms with Gasteiger partial charge in [-0.2, -0.15) is 0 Å². The molecule has 0 radical (unpaired) electrons. The molecule has 84 valence electrons. The summed E-state index contributed by atoms with van der Waals surface area (Å²) < 4.78 is 0. The Kier molecular flexibility index (Phi) is 6.54. The average molecular weight is 201 g/mol. The molecule has 0 amide bonds. The Labute approximate surface area is 86.9 Å². The molecule has 0 aliphatic rings. The number of aliphatic carboxylic acids is 1. The van der Waals surface area contributed by atoms with E-state index in [0.29, 0.717) is 5.41 Å². The molecule has 0 atom stereocenters. The zero-order valence-corrected chi connectivity index (χ0v) is 9.60. The van der Waals surface area contributed by atoms with Crippen LogP contribution in [-0.2, 0) is 4.79 Å². The predicted molar refractivity (Wildman–Crippen MR) is 58.4 cm³/mol. The Morgan fingerprint density at radius 3 is 2.57 bits per heavy atom. The van der Waals surface area contributed by atoms with E-state index in [2.05, 4.69) is 26.1 Å². The second-order valence-corrected chi connectivity index (χ2v) is 4.59. The van der Waals surface area contributed by atoms with Gasteiger partial charge >= 0.3 is 5.97 Å². The van der Waals surface area contributed by atoms with Gasteiger partial charge in [0.1, 0.15) is 0 Å². The van der Waals surface area contributed by atoms with E-state index in [-0.39, 0.29) is 6.42 Å². The number of hydrogen-bond acceptors (Lipinski definition) is 2. The Balaban J connectivity index is 3.39. The van der Waals surface area contributed by atoms with Crippen molar-refractivity contribution < 1.29 is 9.90 Å². The van der Waals surface area contributed by atoms with Gasteiger partial charge in [-0.3, -0.25) is 4.79 Å². The standard InChI is InChI=1S/C11H23NO2/c1-4-7-11(2,3)9-12-8-5-6-10(13)14/h12H,4-9H2,1-3H3,(H,13,14). The van der Waals surface area contributed by atoms with Crippen LogP contribution in [0.2, 0.25) is 0 Å². The SMILES string of the molecule is CCCC(C)(C)CNCCCC(=O)O. The quantitative estimate of drug-likeness (QED) is 0.592. The van der Waals surface area contributed by atoms with Crippen LogP contribution in [0.5, 0.6) is 0 Å². The highest BCUT2D eigenvalue weighted by Crippen LogP contribution is 2.20. The van der Waals surface area contributed by atoms with E-state index in [1.807, 2.05) is 0 Å². The second-order valence-electron chi connectivity index (χ2n) is 4.59. The van der Waals surface area contributed by atoms with Gasteiger partial charge in [-0.05, 0) is 24.8 Å². The van der Waals surface area contributed by atoms with Crippen LogP contribution in [-0.4, -0.2) is 24.2 Å². The number of carboxylic acid groups (broad SMARTS) is 1. The fraction of sp³-hybridized carbons (Fsp3) is 0.909. The van der Waals surface area contributed by atoms with Gasteiger partial charge < -0.3 is 10.4 Å². The van der Waals surface area contributed by atoms with E-state index in [4.69, 9.17) is 5.11 Å². The molecule has 0 saturated heterocycles. The molecule has 0 unspecified atom stereocenters. The van der Waals surface area contributed by atoms with E-state index in [0.717, 1.165) is 19.5 Å². The van der Waals surface area contributed by atoms with Crippen molar-refractivity contribution in [3.05, 3.63) is 0 Å². The van der Waals surface area contributed by atoms with Crippen LogP contribution in [0.3, 0.4) is 0 Å². The normalized spacial score (nSPS) is 11.6. The van der Waals surface area contributed by atoms with E-state index in [9.17, 15) is 4.79 Å². The van der Waals surface area contributed by atoms with Crippen LogP contribution in [0.4, 0.5) is 0 Å². The molecule has 0 aromatic heterocycles. The minimum atomic E-state index is -0.709. The zero-order valence-electron chi connectivity index (χ0n) is 9.60. The summed E-state index contributed by atoms with van der Waals surface area (Å²) in [7, 11) is 0. The molecule has 0 rings (SSSR count). The largest absolute Gasteiger partial charge is 0.481 e. The van der Waals surface area contributed by atoms with Crippen molar-refractivity contribution in [1.29, 1.82) is 0 Å². The molecule has 0 saturated carbocycles. The first-order chi connectivity index (χ1) is 6.48. The van der Waals surface area contributed by atoms with E-state index >= 15 is 0 Å². The lowest BCUT2D eigenvalue weighted by Crippen LogP contribution is -2.30. The minimum absolute atomic E-state index is 0.265. The summed E-state index contributed by atoms with van der Waals surface area (Å²) in [6.07, 6.45) is 3.39. The van der Waals surface area contributed by atoms with Crippen LogP contribution in [0, 0.1) is 5.41 Å². The van der Waals surface area contributed by atoms with Gasteiger partial charge in [0.25, 0.3) is 0 Å². The molecule has 14 heavy (non-hydrogen) atoms. The molecule has 2 N–H and O–H groups in total. The highest BCUT2D eigenvalue weighted by Gasteiger charge is 2.15. The topological polar surface area (TPSA) is 49.3 Å². The summed E-state index contributed by atoms with van der Waals surface area (Å²) in [5.74, 6) is -0.709. The summed E-state index contributed by atoms with van der Waals surface area (Å²) >= 11 is 0. The summed E-state index contributed by atoms with van der Waals surface area (Å²) in [6, 6.07) is 0. The molecule has 0 aliphatic heterocycles. The lowest BCUT2D eigenvalue weighted by molar-refractivity contribution is -0.137. The maximum Gasteiger partial charge on any atom is 0.303 e. The Hall–Kier alpha value is -0.570. The van der Waals surface area contributed by atoms with Gasteiger partial charge in [-0.1, -0.05) is 27.2 Å². The van der Waals surface area contributed by atoms with Crippen molar-refractivity contribution in [3.63, 3.8) is 0 Å². The van der Waals surface area contributed by atoms with Crippen LogP contribution in [0.1, 0.15) is 46.5 Å². The molecule has 0 aromatic rings. The third-order valence-electron chi connectivity index (χ3n) is 2.27. The summed E-state index contributed by atoms with van der Waals surface area (Å²) in [5.41, 5.74) is 0.331. The average Bonchev–Trinajstić information content (AvgIpc) is 2.02. The Bertz CT molecular complexity index is 167. The van der Waals surface area contributed by atoms with Crippen LogP contribution < -0.4 is 5.32 Å². The fourth-order valence-electron chi connectivity index (χ4n) is 1.56. The first kappa shape index (κ1) is 13.4. The van der Waals surface area contributed by atoms with Crippen LogP contribution >= 0.6 is 0 Å². The molecular formula is C11H23NO2. The van der Waals surface area contributed by atoms with E-state index in [1.54, 1.807) is 0 Å². The van der Waals surface area contributed by atoms with Crippen LogP contribution in [0.15, 0.2) is 0 Å². The molecule has 0 aliphatic carbocycles. The molecule has 3 nitrogen and oxygen atoms in total. The maximum atomic E-state index is 10.2. The highest BCUT2D eigenvalue weighted by atomic mass is 16.4. The highest BCUT2D eigenvalue weighted by molar-refractivity contribution is 5.66. The summed E-state index contributed by atoms with van der Waals surface area (Å²) in [6.45, 7) is 8.44. The second kappa shape index (κ2) is 6.82. The smallest absolute Gasteiger partial charge is 0.303 e. The maximum absolute atomic E-state index is 10.2. The van der Waals surface area contributed by atoms with Gasteiger partial charge in [-0.25, -0.2) is 0 Å². The Morgan fingerprint density at radius 2 is 2.07 bits per heavy atom. The Morgan fingerprint density at radius 1 is 1.43 bits per heavy atom. The summed E-state index contributed by atoms with van der Waals surface area (Å²) in [4.78, 5) is 10.2. The van der Waals surface area contributed by atoms with Crippen molar-refractivity contribution in [2.24, 2.45) is 5.41 Å². The summed E-state index contributed by atoms with van der Waals surface area (Å²) in [5, 5.41) is 11.7. The predicted octanol–water partition coefficient (Wildman–Crippen LogP) is 2.27. The molecule has 3 heteroatoms. The number of nitrogens with one attached hydrogen (secondary N) is 1. The van der Waals surface area contributed by atoms with E-state index < -0.39 is 5.97 Å². The fourth-order valence-corrected chi connectivity index (χ4v) is 1.56. The van der Waals surface area contributed by atoms with Crippen molar-refractivity contribution in [2.45, 2.75) is 46.5 Å². The third-order valence-corrected chi connectivity index (χ3v) is 2.27. The first-order valence-electron chi connectivity index (χ1n) is 5.40. The van der Waals surface area contributed by atoms with Gasteiger partial charge in [-0.15, -0.1) is 0 Å². The molecular weight excluding hydrogens is 178 g/mol. The van der Waals surface area contributed by atoms with Crippen molar-refractivity contribution in [2.75, 3.05) is 13.1 Å². The van der Waals surface area contributed by atoms with Gasteiger partial charge in [0, 0.05) is 13.0 Å². The molecule has 0 aromatic carbocycles. The molecule has 0 spiro atoms. The van der Waals surface area contributed by atoms with Gasteiger partial charge in [0.05, 0.1) is 0 Å². The zero-order chi connectivity index (χ0) is 11.0. The molecule has 0 heterocycles. The lowest BCUT2D eigenvalue weighted by Gasteiger charge is -2.24. The van der Waals surface area contributed by atoms with Crippen molar-refractivity contribution in [3.8, 4) is 0 Å². The minimum Gasteiger partial charge on any atom is -0.481 e. The van der Waals surface area contributed by atoms with Crippen molar-refractivity contribution in [1.82, 2.24) is 5.32 Å². The van der Waals surface area contributed by atoms with Crippen molar-refractivity contribution >= 4 is 5.97 Å². The van der Waals surface area contributed by atoms with Gasteiger partial charge in [0.2, 0.25) is 0 Å². The number of carboxylic acids is 1. The molecule has 0 bridgehead atoms. The first-order valence-corrected chi connectivity index (χ1v) is 5.40. The third kappa shape index (κ3) is 8.05.